The number of imidazole rings is 1. The van der Waals surface area contributed by atoms with Gasteiger partial charge in [0.1, 0.15) is 12.2 Å². The van der Waals surface area contributed by atoms with Crippen molar-refractivity contribution in [3.63, 3.8) is 0 Å². The van der Waals surface area contributed by atoms with Crippen molar-refractivity contribution in [3.05, 3.63) is 17.7 Å². The number of hydrogen-bond donors (Lipinski definition) is 2. The molecule has 0 unspecified atom stereocenters. The van der Waals surface area contributed by atoms with Crippen molar-refractivity contribution < 1.29 is 9.53 Å². The molecule has 84 valence electrons. The van der Waals surface area contributed by atoms with E-state index in [9.17, 15) is 4.79 Å². The second-order valence-corrected chi connectivity index (χ2v) is 4.17. The van der Waals surface area contributed by atoms with Gasteiger partial charge in [0.15, 0.2) is 0 Å². The van der Waals surface area contributed by atoms with E-state index in [1.165, 1.54) is 7.11 Å². The molecule has 2 N–H and O–H groups in total. The highest BCUT2D eigenvalue weighted by molar-refractivity contribution is 9.09. The number of ether oxygens (including phenoxy) is 1. The molecule has 0 saturated heterocycles. The SMILES string of the molecule is CN[C@@H](Br)Cc1cnc(CC(=O)OC)[nH]1. The van der Waals surface area contributed by atoms with E-state index in [-0.39, 0.29) is 17.3 Å². The van der Waals surface area contributed by atoms with E-state index in [4.69, 9.17) is 0 Å². The Labute approximate surface area is 96.7 Å². The molecule has 15 heavy (non-hydrogen) atoms. The van der Waals surface area contributed by atoms with Crippen molar-refractivity contribution in [1.82, 2.24) is 15.3 Å². The van der Waals surface area contributed by atoms with E-state index < -0.39 is 0 Å². The van der Waals surface area contributed by atoms with Crippen LogP contribution in [0.5, 0.6) is 0 Å². The van der Waals surface area contributed by atoms with Gasteiger partial charge in [0, 0.05) is 18.3 Å². The zero-order chi connectivity index (χ0) is 11.3. The number of nitrogens with one attached hydrogen (secondary N) is 2. The van der Waals surface area contributed by atoms with Gasteiger partial charge in [-0.3, -0.25) is 4.79 Å². The number of carbonyl (C=O) groups excluding carboxylic acids is 1. The van der Waals surface area contributed by atoms with Gasteiger partial charge in [0.25, 0.3) is 0 Å². The van der Waals surface area contributed by atoms with Crippen molar-refractivity contribution >= 4 is 21.9 Å². The Bertz CT molecular complexity index is 327. The van der Waals surface area contributed by atoms with Gasteiger partial charge in [-0.05, 0) is 7.05 Å². The van der Waals surface area contributed by atoms with Crippen LogP contribution < -0.4 is 5.32 Å². The molecule has 0 radical (unpaired) electrons. The molecule has 0 fully saturated rings. The van der Waals surface area contributed by atoms with Gasteiger partial charge in [-0.2, -0.15) is 0 Å². The number of likely N-dealkylation sites (N-methyl/N-ethyl adjacent to an activating group) is 1. The third-order valence-corrected chi connectivity index (χ3v) is 2.71. The van der Waals surface area contributed by atoms with E-state index in [1.807, 2.05) is 7.05 Å². The molecule has 0 aromatic carbocycles. The number of halogens is 1. The summed E-state index contributed by atoms with van der Waals surface area (Å²) in [6, 6.07) is 0. The van der Waals surface area contributed by atoms with Crippen LogP contribution in [0.2, 0.25) is 0 Å². The fourth-order valence-electron chi connectivity index (χ4n) is 1.10. The van der Waals surface area contributed by atoms with Crippen molar-refractivity contribution in [1.29, 1.82) is 0 Å². The second kappa shape index (κ2) is 5.87. The van der Waals surface area contributed by atoms with Crippen LogP contribution in [0, 0.1) is 0 Å². The lowest BCUT2D eigenvalue weighted by Crippen LogP contribution is -2.20. The molecule has 1 aromatic heterocycles. The molecule has 1 aromatic rings. The fourth-order valence-corrected chi connectivity index (χ4v) is 1.45. The van der Waals surface area contributed by atoms with Gasteiger partial charge in [0.05, 0.1) is 12.1 Å². The van der Waals surface area contributed by atoms with Crippen LogP contribution in [-0.2, 0) is 22.4 Å². The predicted octanol–water partition coefficient (Wildman–Crippen LogP) is 0.608. The number of aromatic amines is 1. The molecule has 1 rings (SSSR count). The average molecular weight is 276 g/mol. The van der Waals surface area contributed by atoms with Gasteiger partial charge in [-0.25, -0.2) is 4.98 Å². The number of rotatable bonds is 5. The number of alkyl halides is 1. The molecular weight excluding hydrogens is 262 g/mol. The zero-order valence-electron chi connectivity index (χ0n) is 8.71. The Hall–Kier alpha value is -0.880. The first-order chi connectivity index (χ1) is 7.15. The van der Waals surface area contributed by atoms with Crippen molar-refractivity contribution in [2.75, 3.05) is 14.2 Å². The minimum Gasteiger partial charge on any atom is -0.469 e. The van der Waals surface area contributed by atoms with E-state index in [2.05, 4.69) is 36.0 Å². The molecule has 0 aliphatic carbocycles. The highest BCUT2D eigenvalue weighted by Gasteiger charge is 2.08. The van der Waals surface area contributed by atoms with E-state index >= 15 is 0 Å². The molecule has 0 aliphatic heterocycles. The summed E-state index contributed by atoms with van der Waals surface area (Å²) in [6.45, 7) is 0. The van der Waals surface area contributed by atoms with E-state index in [0.717, 1.165) is 12.1 Å². The molecule has 6 heteroatoms. The summed E-state index contributed by atoms with van der Waals surface area (Å²) >= 11 is 3.44. The van der Waals surface area contributed by atoms with Gasteiger partial charge in [-0.15, -0.1) is 0 Å². The molecule has 0 aliphatic rings. The van der Waals surface area contributed by atoms with Crippen LogP contribution in [0.4, 0.5) is 0 Å². The zero-order valence-corrected chi connectivity index (χ0v) is 10.3. The maximum absolute atomic E-state index is 11.0. The Balaban J connectivity index is 2.52. The predicted molar refractivity (Wildman–Crippen MR) is 59.8 cm³/mol. The standard InChI is InChI=1S/C9H14BrN3O2/c1-11-7(10)3-6-5-12-8(13-6)4-9(14)15-2/h5,7,11H,3-4H2,1-2H3,(H,12,13)/t7-/m1/s1. The van der Waals surface area contributed by atoms with Gasteiger partial charge >= 0.3 is 5.97 Å². The molecule has 5 nitrogen and oxygen atoms in total. The van der Waals surface area contributed by atoms with Crippen molar-refractivity contribution in [2.45, 2.75) is 17.8 Å². The second-order valence-electron chi connectivity index (χ2n) is 3.07. The summed E-state index contributed by atoms with van der Waals surface area (Å²) < 4.78 is 4.55. The minimum absolute atomic E-state index is 0.184. The Morgan fingerprint density at radius 2 is 2.53 bits per heavy atom. The highest BCUT2D eigenvalue weighted by atomic mass is 79.9. The summed E-state index contributed by atoms with van der Waals surface area (Å²) in [4.78, 5) is 18.3. The number of carbonyl (C=O) groups is 1. The van der Waals surface area contributed by atoms with Crippen LogP contribution in [0.3, 0.4) is 0 Å². The molecule has 0 amide bonds. The van der Waals surface area contributed by atoms with Gasteiger partial charge < -0.3 is 15.0 Å². The van der Waals surface area contributed by atoms with Crippen molar-refractivity contribution in [3.8, 4) is 0 Å². The first-order valence-electron chi connectivity index (χ1n) is 4.56. The Kier molecular flexibility index (Phi) is 4.77. The minimum atomic E-state index is -0.292. The number of esters is 1. The van der Waals surface area contributed by atoms with Crippen LogP contribution in [-0.4, -0.2) is 35.0 Å². The molecule has 1 atom stereocenters. The lowest BCUT2D eigenvalue weighted by molar-refractivity contribution is -0.139. The number of H-pyrrole nitrogens is 1. The van der Waals surface area contributed by atoms with Gasteiger partial charge in [-0.1, -0.05) is 15.9 Å². The van der Waals surface area contributed by atoms with Crippen LogP contribution >= 0.6 is 15.9 Å². The van der Waals surface area contributed by atoms with Crippen molar-refractivity contribution in [2.24, 2.45) is 0 Å². The van der Waals surface area contributed by atoms with Crippen LogP contribution in [0.25, 0.3) is 0 Å². The third-order valence-electron chi connectivity index (χ3n) is 1.93. The summed E-state index contributed by atoms with van der Waals surface area (Å²) in [5, 5.41) is 3.05. The molecule has 1 heterocycles. The molecule has 0 bridgehead atoms. The summed E-state index contributed by atoms with van der Waals surface area (Å²) in [6.07, 6.45) is 2.69. The molecule has 0 saturated carbocycles. The monoisotopic (exact) mass is 275 g/mol. The fraction of sp³-hybridized carbons (Fsp3) is 0.556. The summed E-state index contributed by atoms with van der Waals surface area (Å²) in [7, 11) is 3.23. The maximum atomic E-state index is 11.0. The Morgan fingerprint density at radius 3 is 3.13 bits per heavy atom. The maximum Gasteiger partial charge on any atom is 0.313 e. The smallest absolute Gasteiger partial charge is 0.313 e. The van der Waals surface area contributed by atoms with Crippen LogP contribution in [0.1, 0.15) is 11.5 Å². The number of aromatic nitrogens is 2. The first-order valence-corrected chi connectivity index (χ1v) is 5.48. The lowest BCUT2D eigenvalue weighted by atomic mass is 10.3. The Morgan fingerprint density at radius 1 is 1.80 bits per heavy atom. The summed E-state index contributed by atoms with van der Waals surface area (Å²) in [5.74, 6) is 0.340. The lowest BCUT2D eigenvalue weighted by Gasteiger charge is -2.05. The average Bonchev–Trinajstić information content (AvgIpc) is 2.65. The first kappa shape index (κ1) is 12.2. The van der Waals surface area contributed by atoms with Gasteiger partial charge in [0.2, 0.25) is 0 Å². The largest absolute Gasteiger partial charge is 0.469 e. The number of nitrogens with zero attached hydrogens (tertiary/aromatic N) is 1. The van der Waals surface area contributed by atoms with E-state index in [1.54, 1.807) is 6.20 Å². The molecule has 0 spiro atoms. The number of hydrogen-bond acceptors (Lipinski definition) is 4. The van der Waals surface area contributed by atoms with Crippen LogP contribution in [0.15, 0.2) is 6.20 Å². The molecular formula is C9H14BrN3O2. The topological polar surface area (TPSA) is 67.0 Å². The number of methoxy groups -OCH3 is 1. The normalized spacial score (nSPS) is 12.5. The highest BCUT2D eigenvalue weighted by Crippen LogP contribution is 2.06. The quantitative estimate of drug-likeness (QED) is 0.470. The third kappa shape index (κ3) is 4.01. The summed E-state index contributed by atoms with van der Waals surface area (Å²) in [5.41, 5.74) is 0.977. The van der Waals surface area contributed by atoms with E-state index in [0.29, 0.717) is 5.82 Å².